The van der Waals surface area contributed by atoms with Gasteiger partial charge in [-0.2, -0.15) is 5.10 Å². The third kappa shape index (κ3) is 2.47. The van der Waals surface area contributed by atoms with Crippen molar-refractivity contribution < 1.29 is 14.6 Å². The maximum atomic E-state index is 11.2. The second-order valence-corrected chi connectivity index (χ2v) is 5.68. The fourth-order valence-electron chi connectivity index (χ4n) is 3.24. The zero-order valence-corrected chi connectivity index (χ0v) is 12.9. The molecular formula is C17H20N2O3. The maximum Gasteiger partial charge on any atom is 0.356 e. The molecule has 1 aromatic heterocycles. The Labute approximate surface area is 129 Å². The highest BCUT2D eigenvalue weighted by Gasteiger charge is 2.22. The summed E-state index contributed by atoms with van der Waals surface area (Å²) in [5.41, 5.74) is 4.46. The number of fused-ring (bicyclic) bond motifs is 1. The fourth-order valence-corrected chi connectivity index (χ4v) is 3.24. The van der Waals surface area contributed by atoms with Gasteiger partial charge < -0.3 is 9.84 Å². The summed E-state index contributed by atoms with van der Waals surface area (Å²) >= 11 is 0. The number of aromatic nitrogens is 2. The van der Waals surface area contributed by atoms with Crippen LogP contribution in [0.5, 0.6) is 5.75 Å². The first-order valence-corrected chi connectivity index (χ1v) is 7.58. The molecule has 1 N–H and O–H groups in total. The number of carboxylic acid groups (broad SMARTS) is 1. The Hall–Kier alpha value is -2.30. The fraction of sp³-hybridized carbons (Fsp3) is 0.412. The molecule has 0 amide bonds. The van der Waals surface area contributed by atoms with Crippen LogP contribution in [0.2, 0.25) is 0 Å². The van der Waals surface area contributed by atoms with E-state index in [0.29, 0.717) is 0 Å². The summed E-state index contributed by atoms with van der Waals surface area (Å²) in [4.78, 5) is 11.2. The van der Waals surface area contributed by atoms with Crippen LogP contribution in [-0.4, -0.2) is 28.0 Å². The van der Waals surface area contributed by atoms with E-state index in [2.05, 4.69) is 11.2 Å². The molecule has 0 unspecified atom stereocenters. The van der Waals surface area contributed by atoms with Gasteiger partial charge in [0.05, 0.1) is 12.8 Å². The molecule has 0 bridgehead atoms. The number of methoxy groups -OCH3 is 1. The molecule has 5 heteroatoms. The smallest absolute Gasteiger partial charge is 0.356 e. The van der Waals surface area contributed by atoms with E-state index >= 15 is 0 Å². The van der Waals surface area contributed by atoms with E-state index in [-0.39, 0.29) is 5.69 Å². The lowest BCUT2D eigenvalue weighted by Crippen LogP contribution is -2.03. The average Bonchev–Trinajstić information content (AvgIpc) is 2.73. The molecule has 1 aromatic carbocycles. The number of carbonyl (C=O) groups is 1. The molecule has 3 rings (SSSR count). The topological polar surface area (TPSA) is 64.3 Å². The van der Waals surface area contributed by atoms with Crippen molar-refractivity contribution in [1.29, 1.82) is 0 Å². The quantitative estimate of drug-likeness (QED) is 0.885. The minimum Gasteiger partial charge on any atom is -0.496 e. The van der Waals surface area contributed by atoms with E-state index in [9.17, 15) is 9.90 Å². The molecular weight excluding hydrogens is 280 g/mol. The van der Waals surface area contributed by atoms with E-state index in [0.717, 1.165) is 36.3 Å². The first kappa shape index (κ1) is 14.6. The number of nitrogens with zero attached hydrogens (tertiary/aromatic N) is 2. The summed E-state index contributed by atoms with van der Waals surface area (Å²) in [6.07, 6.45) is 5.63. The third-order valence-corrected chi connectivity index (χ3v) is 4.32. The molecule has 116 valence electrons. The van der Waals surface area contributed by atoms with Crippen molar-refractivity contribution in [2.45, 2.75) is 32.1 Å². The number of aromatic carboxylic acids is 1. The summed E-state index contributed by atoms with van der Waals surface area (Å²) in [7, 11) is 3.42. The van der Waals surface area contributed by atoms with Crippen LogP contribution >= 0.6 is 0 Å². The van der Waals surface area contributed by atoms with Crippen molar-refractivity contribution in [3.63, 3.8) is 0 Å². The normalized spacial score (nSPS) is 14.3. The first-order chi connectivity index (χ1) is 10.6. The number of aryl methyl sites for hydroxylation is 2. The van der Waals surface area contributed by atoms with Crippen molar-refractivity contribution in [1.82, 2.24) is 9.78 Å². The highest BCUT2D eigenvalue weighted by molar-refractivity contribution is 5.88. The van der Waals surface area contributed by atoms with Gasteiger partial charge in [0.2, 0.25) is 0 Å². The summed E-state index contributed by atoms with van der Waals surface area (Å²) in [6.45, 7) is 0. The molecule has 1 aliphatic rings. The maximum absolute atomic E-state index is 11.2. The zero-order chi connectivity index (χ0) is 15.7. The molecule has 0 fully saturated rings. The predicted octanol–water partition coefficient (Wildman–Crippen LogP) is 3.06. The van der Waals surface area contributed by atoms with Gasteiger partial charge in [-0.05, 0) is 48.9 Å². The highest BCUT2D eigenvalue weighted by atomic mass is 16.5. The van der Waals surface area contributed by atoms with E-state index in [1.54, 1.807) is 24.9 Å². The summed E-state index contributed by atoms with van der Waals surface area (Å²) in [5, 5.41) is 13.3. The van der Waals surface area contributed by atoms with Gasteiger partial charge in [0.25, 0.3) is 0 Å². The number of carboxylic acids is 1. The van der Waals surface area contributed by atoms with Gasteiger partial charge in [-0.1, -0.05) is 12.5 Å². The van der Waals surface area contributed by atoms with Crippen LogP contribution in [0.1, 0.15) is 40.9 Å². The van der Waals surface area contributed by atoms with Crippen molar-refractivity contribution in [2.75, 3.05) is 7.11 Å². The van der Waals surface area contributed by atoms with Crippen molar-refractivity contribution in [3.05, 3.63) is 35.0 Å². The average molecular weight is 300 g/mol. The molecule has 0 atom stereocenters. The number of ether oxygens (including phenoxy) is 1. The van der Waals surface area contributed by atoms with Crippen LogP contribution in [0, 0.1) is 0 Å². The molecule has 2 aromatic rings. The Morgan fingerprint density at radius 2 is 2.05 bits per heavy atom. The third-order valence-electron chi connectivity index (χ3n) is 4.32. The number of rotatable bonds is 3. The number of hydrogen-bond acceptors (Lipinski definition) is 3. The first-order valence-electron chi connectivity index (χ1n) is 7.58. The summed E-state index contributed by atoms with van der Waals surface area (Å²) in [5.74, 6) is -0.233. The minimum absolute atomic E-state index is 0.0609. The zero-order valence-electron chi connectivity index (χ0n) is 12.9. The molecule has 1 heterocycles. The van der Waals surface area contributed by atoms with E-state index < -0.39 is 5.97 Å². The van der Waals surface area contributed by atoms with Crippen molar-refractivity contribution in [3.8, 4) is 17.0 Å². The molecule has 1 aliphatic carbocycles. The minimum atomic E-state index is -1.01. The Bertz CT molecular complexity index is 719. The van der Waals surface area contributed by atoms with Crippen LogP contribution < -0.4 is 4.74 Å². The molecule has 22 heavy (non-hydrogen) atoms. The second kappa shape index (κ2) is 5.83. The summed E-state index contributed by atoms with van der Waals surface area (Å²) in [6, 6.07) is 5.75. The van der Waals surface area contributed by atoms with E-state index in [4.69, 9.17) is 4.74 Å². The lowest BCUT2D eigenvalue weighted by atomic mass is 9.94. The lowest BCUT2D eigenvalue weighted by molar-refractivity contribution is 0.0689. The van der Waals surface area contributed by atoms with Gasteiger partial charge in [0, 0.05) is 12.6 Å². The highest BCUT2D eigenvalue weighted by Crippen LogP contribution is 2.38. The van der Waals surface area contributed by atoms with Crippen molar-refractivity contribution in [2.24, 2.45) is 7.05 Å². The van der Waals surface area contributed by atoms with Crippen LogP contribution in [0.15, 0.2) is 18.2 Å². The van der Waals surface area contributed by atoms with Gasteiger partial charge in [-0.3, -0.25) is 4.68 Å². The monoisotopic (exact) mass is 300 g/mol. The molecule has 0 saturated carbocycles. The Morgan fingerprint density at radius 3 is 2.73 bits per heavy atom. The van der Waals surface area contributed by atoms with E-state index in [1.807, 2.05) is 6.07 Å². The van der Waals surface area contributed by atoms with Crippen LogP contribution in [-0.2, 0) is 19.9 Å². The van der Waals surface area contributed by atoms with Gasteiger partial charge in [0.1, 0.15) is 5.75 Å². The summed E-state index contributed by atoms with van der Waals surface area (Å²) < 4.78 is 7.17. The van der Waals surface area contributed by atoms with Gasteiger partial charge in [0.15, 0.2) is 5.69 Å². The van der Waals surface area contributed by atoms with Gasteiger partial charge >= 0.3 is 5.97 Å². The Morgan fingerprint density at radius 1 is 1.27 bits per heavy atom. The van der Waals surface area contributed by atoms with Gasteiger partial charge in [-0.15, -0.1) is 0 Å². The number of benzene rings is 1. The SMILES string of the molecule is COc1ccc2c(c1-c1cc(C(=O)O)nn1C)CCCCC2. The van der Waals surface area contributed by atoms with Crippen LogP contribution in [0.25, 0.3) is 11.3 Å². The van der Waals surface area contributed by atoms with Crippen LogP contribution in [0.3, 0.4) is 0 Å². The molecule has 5 nitrogen and oxygen atoms in total. The second-order valence-electron chi connectivity index (χ2n) is 5.68. The molecule has 0 saturated heterocycles. The molecule has 0 spiro atoms. The van der Waals surface area contributed by atoms with E-state index in [1.165, 1.54) is 24.0 Å². The van der Waals surface area contributed by atoms with Gasteiger partial charge in [-0.25, -0.2) is 4.79 Å². The molecule has 0 radical (unpaired) electrons. The Kier molecular flexibility index (Phi) is 3.88. The molecule has 0 aliphatic heterocycles. The standard InChI is InChI=1S/C17H20N2O3/c1-19-14(10-13(18-19)17(20)21)16-12-7-5-3-4-6-11(12)8-9-15(16)22-2/h8-10H,3-7H2,1-2H3,(H,20,21). The van der Waals surface area contributed by atoms with Crippen LogP contribution in [0.4, 0.5) is 0 Å². The Balaban J connectivity index is 2.22. The largest absolute Gasteiger partial charge is 0.496 e. The lowest BCUT2D eigenvalue weighted by Gasteiger charge is -2.16. The number of hydrogen-bond donors (Lipinski definition) is 1. The predicted molar refractivity (Wildman–Crippen MR) is 83.4 cm³/mol. The van der Waals surface area contributed by atoms with Crippen molar-refractivity contribution >= 4 is 5.97 Å².